The van der Waals surface area contributed by atoms with E-state index in [1.165, 1.54) is 12.1 Å². The van der Waals surface area contributed by atoms with E-state index in [0.29, 0.717) is 10.9 Å². The van der Waals surface area contributed by atoms with Crippen molar-refractivity contribution < 1.29 is 12.3 Å². The SMILES string of the molecule is O=S(=O)(F)c1ccccc1C=CCBr. The third kappa shape index (κ3) is 2.92. The lowest BCUT2D eigenvalue weighted by Gasteiger charge is -1.99. The molecule has 0 amide bonds. The van der Waals surface area contributed by atoms with Gasteiger partial charge in [-0.1, -0.05) is 46.3 Å². The minimum atomic E-state index is -4.63. The van der Waals surface area contributed by atoms with E-state index in [1.54, 1.807) is 24.3 Å². The molecule has 0 saturated carbocycles. The zero-order chi connectivity index (χ0) is 10.6. The number of rotatable bonds is 3. The highest BCUT2D eigenvalue weighted by Gasteiger charge is 2.14. The molecule has 1 aromatic carbocycles. The zero-order valence-electron chi connectivity index (χ0n) is 7.15. The van der Waals surface area contributed by atoms with Crippen molar-refractivity contribution in [3.8, 4) is 0 Å². The lowest BCUT2D eigenvalue weighted by atomic mass is 10.2. The Morgan fingerprint density at radius 1 is 1.36 bits per heavy atom. The van der Waals surface area contributed by atoms with Gasteiger partial charge in [-0.05, 0) is 11.6 Å². The Morgan fingerprint density at radius 3 is 2.57 bits per heavy atom. The summed E-state index contributed by atoms with van der Waals surface area (Å²) in [5, 5.41) is 0.591. The molecule has 0 aliphatic heterocycles. The fraction of sp³-hybridized carbons (Fsp3) is 0.111. The van der Waals surface area contributed by atoms with E-state index in [-0.39, 0.29) is 4.90 Å². The quantitative estimate of drug-likeness (QED) is 0.629. The summed E-state index contributed by atoms with van der Waals surface area (Å²) in [6.45, 7) is 0. The average molecular weight is 279 g/mol. The van der Waals surface area contributed by atoms with E-state index in [0.717, 1.165) is 0 Å². The van der Waals surface area contributed by atoms with E-state index >= 15 is 0 Å². The number of benzene rings is 1. The van der Waals surface area contributed by atoms with Gasteiger partial charge in [0.1, 0.15) is 4.90 Å². The molecule has 0 heterocycles. The van der Waals surface area contributed by atoms with Gasteiger partial charge in [-0.15, -0.1) is 3.89 Å². The summed E-state index contributed by atoms with van der Waals surface area (Å²) in [5.41, 5.74) is 0.356. The van der Waals surface area contributed by atoms with Crippen LogP contribution in [0, 0.1) is 0 Å². The monoisotopic (exact) mass is 278 g/mol. The summed E-state index contributed by atoms with van der Waals surface area (Å²) >= 11 is 3.15. The van der Waals surface area contributed by atoms with Gasteiger partial charge in [0.05, 0.1) is 0 Å². The molecule has 0 bridgehead atoms. The summed E-state index contributed by atoms with van der Waals surface area (Å²) in [6, 6.07) is 5.93. The molecular weight excluding hydrogens is 271 g/mol. The lowest BCUT2D eigenvalue weighted by Crippen LogP contribution is -1.94. The molecule has 0 aliphatic carbocycles. The molecule has 76 valence electrons. The van der Waals surface area contributed by atoms with E-state index in [4.69, 9.17) is 0 Å². The van der Waals surface area contributed by atoms with Crippen LogP contribution in [0.25, 0.3) is 6.08 Å². The predicted molar refractivity (Wildman–Crippen MR) is 57.6 cm³/mol. The maximum absolute atomic E-state index is 12.7. The minimum Gasteiger partial charge on any atom is -0.189 e. The molecule has 1 aromatic rings. The normalized spacial score (nSPS) is 12.1. The number of allylic oxidation sites excluding steroid dienone is 1. The van der Waals surface area contributed by atoms with Gasteiger partial charge in [0.15, 0.2) is 0 Å². The highest BCUT2D eigenvalue weighted by atomic mass is 79.9. The maximum atomic E-state index is 12.7. The number of alkyl halides is 1. The van der Waals surface area contributed by atoms with Gasteiger partial charge < -0.3 is 0 Å². The summed E-state index contributed by atoms with van der Waals surface area (Å²) < 4.78 is 34.1. The summed E-state index contributed by atoms with van der Waals surface area (Å²) in [6.07, 6.45) is 3.26. The third-order valence-electron chi connectivity index (χ3n) is 1.57. The Labute approximate surface area is 90.8 Å². The highest BCUT2D eigenvalue weighted by molar-refractivity contribution is 9.09. The van der Waals surface area contributed by atoms with E-state index in [1.807, 2.05) is 0 Å². The molecule has 14 heavy (non-hydrogen) atoms. The van der Waals surface area contributed by atoms with Crippen molar-refractivity contribution in [3.63, 3.8) is 0 Å². The van der Waals surface area contributed by atoms with Gasteiger partial charge >= 0.3 is 10.2 Å². The zero-order valence-corrected chi connectivity index (χ0v) is 9.55. The standard InChI is InChI=1S/C9H8BrFO2S/c10-7-3-5-8-4-1-2-6-9(8)14(11,12)13/h1-6H,7H2. The van der Waals surface area contributed by atoms with Gasteiger partial charge in [-0.2, -0.15) is 8.42 Å². The van der Waals surface area contributed by atoms with E-state index in [9.17, 15) is 12.3 Å². The molecule has 0 aromatic heterocycles. The predicted octanol–water partition coefficient (Wildman–Crippen LogP) is 2.75. The minimum absolute atomic E-state index is 0.294. The van der Waals surface area contributed by atoms with E-state index < -0.39 is 10.2 Å². The third-order valence-corrected chi connectivity index (χ3v) is 2.84. The van der Waals surface area contributed by atoms with Crippen LogP contribution in [0.5, 0.6) is 0 Å². The molecule has 0 atom stereocenters. The van der Waals surface area contributed by atoms with Crippen molar-refractivity contribution >= 4 is 32.2 Å². The molecule has 0 N–H and O–H groups in total. The van der Waals surface area contributed by atoms with Crippen molar-refractivity contribution in [1.29, 1.82) is 0 Å². The van der Waals surface area contributed by atoms with E-state index in [2.05, 4.69) is 15.9 Å². The fourth-order valence-corrected chi connectivity index (χ4v) is 1.86. The second-order valence-corrected chi connectivity index (χ2v) is 4.50. The van der Waals surface area contributed by atoms with Crippen LogP contribution in [0.4, 0.5) is 3.89 Å². The first-order chi connectivity index (χ1) is 6.55. The van der Waals surface area contributed by atoms with Gasteiger partial charge in [0, 0.05) is 5.33 Å². The highest BCUT2D eigenvalue weighted by Crippen LogP contribution is 2.18. The Bertz CT molecular complexity index is 440. The first-order valence-corrected chi connectivity index (χ1v) is 6.32. The van der Waals surface area contributed by atoms with Gasteiger partial charge in [0.2, 0.25) is 0 Å². The van der Waals surface area contributed by atoms with Gasteiger partial charge in [0.25, 0.3) is 0 Å². The molecule has 0 saturated heterocycles. The molecule has 0 unspecified atom stereocenters. The van der Waals surface area contributed by atoms with Crippen molar-refractivity contribution in [2.75, 3.05) is 5.33 Å². The summed E-state index contributed by atoms with van der Waals surface area (Å²) in [7, 11) is -4.63. The van der Waals surface area contributed by atoms with Crippen LogP contribution in [0.3, 0.4) is 0 Å². The first kappa shape index (κ1) is 11.4. The Balaban J connectivity index is 3.24. The molecular formula is C9H8BrFO2S. The molecule has 0 fully saturated rings. The van der Waals surface area contributed by atoms with Crippen LogP contribution >= 0.6 is 15.9 Å². The average Bonchev–Trinajstić information content (AvgIpc) is 2.14. The van der Waals surface area contributed by atoms with Crippen molar-refractivity contribution in [2.45, 2.75) is 4.90 Å². The van der Waals surface area contributed by atoms with Crippen LogP contribution in [-0.4, -0.2) is 13.7 Å². The Morgan fingerprint density at radius 2 is 2.00 bits per heavy atom. The largest absolute Gasteiger partial charge is 0.332 e. The van der Waals surface area contributed by atoms with Crippen LogP contribution in [-0.2, 0) is 10.2 Å². The fourth-order valence-electron chi connectivity index (χ4n) is 1.01. The molecule has 1 rings (SSSR count). The van der Waals surface area contributed by atoms with Crippen molar-refractivity contribution in [3.05, 3.63) is 35.9 Å². The van der Waals surface area contributed by atoms with Crippen LogP contribution in [0.15, 0.2) is 35.2 Å². The molecule has 5 heteroatoms. The number of hydrogen-bond donors (Lipinski definition) is 0. The van der Waals surface area contributed by atoms with Crippen LogP contribution < -0.4 is 0 Å². The van der Waals surface area contributed by atoms with Crippen molar-refractivity contribution in [2.24, 2.45) is 0 Å². The Kier molecular flexibility index (Phi) is 3.83. The summed E-state index contributed by atoms with van der Waals surface area (Å²) in [5.74, 6) is 0. The summed E-state index contributed by atoms with van der Waals surface area (Å²) in [4.78, 5) is -0.294. The molecule has 0 spiro atoms. The molecule has 0 radical (unpaired) electrons. The van der Waals surface area contributed by atoms with Gasteiger partial charge in [-0.3, -0.25) is 0 Å². The van der Waals surface area contributed by atoms with Crippen LogP contribution in [0.1, 0.15) is 5.56 Å². The Hall–Kier alpha value is -0.680. The topological polar surface area (TPSA) is 34.1 Å². The van der Waals surface area contributed by atoms with Crippen LogP contribution in [0.2, 0.25) is 0 Å². The van der Waals surface area contributed by atoms with Crippen molar-refractivity contribution in [1.82, 2.24) is 0 Å². The maximum Gasteiger partial charge on any atom is 0.332 e. The second-order valence-electron chi connectivity index (χ2n) is 2.53. The second kappa shape index (κ2) is 4.70. The molecule has 0 aliphatic rings. The number of halogens is 2. The lowest BCUT2D eigenvalue weighted by molar-refractivity contribution is 0.552. The van der Waals surface area contributed by atoms with Gasteiger partial charge in [-0.25, -0.2) is 0 Å². The first-order valence-electron chi connectivity index (χ1n) is 3.82. The number of hydrogen-bond acceptors (Lipinski definition) is 2. The molecule has 2 nitrogen and oxygen atoms in total. The smallest absolute Gasteiger partial charge is 0.189 e.